The number of hydrogen-bond donors (Lipinski definition) is 2. The van der Waals surface area contributed by atoms with E-state index in [1.807, 2.05) is 28.8 Å². The van der Waals surface area contributed by atoms with Crippen molar-refractivity contribution in [1.82, 2.24) is 4.57 Å². The third-order valence-corrected chi connectivity index (χ3v) is 4.69. The van der Waals surface area contributed by atoms with Gasteiger partial charge in [0.15, 0.2) is 0 Å². The molecule has 0 saturated heterocycles. The zero-order valence-electron chi connectivity index (χ0n) is 15.3. The number of aromatic nitrogens is 1. The van der Waals surface area contributed by atoms with E-state index in [0.717, 1.165) is 16.5 Å². The zero-order valence-corrected chi connectivity index (χ0v) is 15.3. The number of anilines is 1. The molecule has 4 aromatic rings. The molecule has 0 fully saturated rings. The van der Waals surface area contributed by atoms with Gasteiger partial charge in [-0.15, -0.1) is 0 Å². The van der Waals surface area contributed by atoms with Crippen molar-refractivity contribution in [1.29, 1.82) is 0 Å². The highest BCUT2D eigenvalue weighted by atomic mass is 19.1. The number of carboxylic acids is 1. The number of fused-ring (bicyclic) bond motifs is 1. The van der Waals surface area contributed by atoms with Crippen molar-refractivity contribution < 1.29 is 19.1 Å². The van der Waals surface area contributed by atoms with Gasteiger partial charge >= 0.3 is 5.97 Å². The van der Waals surface area contributed by atoms with Gasteiger partial charge in [-0.25, -0.2) is 9.18 Å². The lowest BCUT2D eigenvalue weighted by Gasteiger charge is -2.05. The van der Waals surface area contributed by atoms with E-state index in [4.69, 9.17) is 5.11 Å². The Bertz CT molecular complexity index is 1200. The second-order valence-corrected chi connectivity index (χ2v) is 6.65. The number of para-hydroxylation sites is 1. The lowest BCUT2D eigenvalue weighted by Crippen LogP contribution is -2.11. The van der Waals surface area contributed by atoms with Gasteiger partial charge < -0.3 is 15.0 Å². The van der Waals surface area contributed by atoms with Crippen molar-refractivity contribution in [3.63, 3.8) is 0 Å². The van der Waals surface area contributed by atoms with Crippen molar-refractivity contribution in [2.75, 3.05) is 5.32 Å². The van der Waals surface area contributed by atoms with E-state index in [-0.39, 0.29) is 17.3 Å². The van der Waals surface area contributed by atoms with Gasteiger partial charge in [0.25, 0.3) is 5.91 Å². The average molecular weight is 388 g/mol. The number of rotatable bonds is 5. The molecule has 0 bridgehead atoms. The highest BCUT2D eigenvalue weighted by Gasteiger charge is 2.15. The molecule has 0 atom stereocenters. The van der Waals surface area contributed by atoms with Crippen LogP contribution in [0.3, 0.4) is 0 Å². The molecule has 3 aromatic carbocycles. The van der Waals surface area contributed by atoms with Gasteiger partial charge in [-0.3, -0.25) is 4.79 Å². The minimum absolute atomic E-state index is 0.152. The summed E-state index contributed by atoms with van der Waals surface area (Å²) in [5.74, 6) is -1.60. The maximum Gasteiger partial charge on any atom is 0.335 e. The molecule has 0 aliphatic carbocycles. The fourth-order valence-corrected chi connectivity index (χ4v) is 3.24. The molecule has 2 N–H and O–H groups in total. The Morgan fingerprint density at radius 1 is 0.931 bits per heavy atom. The van der Waals surface area contributed by atoms with E-state index in [1.165, 1.54) is 24.3 Å². The van der Waals surface area contributed by atoms with Crippen molar-refractivity contribution in [3.8, 4) is 0 Å². The van der Waals surface area contributed by atoms with Crippen molar-refractivity contribution in [2.45, 2.75) is 6.54 Å². The highest BCUT2D eigenvalue weighted by molar-refractivity contribution is 6.13. The summed E-state index contributed by atoms with van der Waals surface area (Å²) >= 11 is 0. The highest BCUT2D eigenvalue weighted by Crippen LogP contribution is 2.24. The van der Waals surface area contributed by atoms with E-state index >= 15 is 0 Å². The Balaban J connectivity index is 1.63. The fourth-order valence-electron chi connectivity index (χ4n) is 3.24. The third kappa shape index (κ3) is 3.87. The molecule has 0 radical (unpaired) electrons. The Kier molecular flexibility index (Phi) is 4.83. The number of hydrogen-bond acceptors (Lipinski definition) is 2. The molecule has 0 aliphatic heterocycles. The second kappa shape index (κ2) is 7.59. The zero-order chi connectivity index (χ0) is 20.4. The van der Waals surface area contributed by atoms with E-state index < -0.39 is 5.97 Å². The van der Waals surface area contributed by atoms with Crippen LogP contribution >= 0.6 is 0 Å². The number of carbonyl (C=O) groups excluding carboxylic acids is 1. The Morgan fingerprint density at radius 3 is 2.31 bits per heavy atom. The lowest BCUT2D eigenvalue weighted by atomic mass is 10.1. The normalized spacial score (nSPS) is 10.8. The van der Waals surface area contributed by atoms with Crippen LogP contribution in [0, 0.1) is 5.82 Å². The summed E-state index contributed by atoms with van der Waals surface area (Å²) in [5, 5.41) is 12.6. The van der Waals surface area contributed by atoms with Crippen LogP contribution in [0.5, 0.6) is 0 Å². The molecule has 0 spiro atoms. The van der Waals surface area contributed by atoms with Crippen LogP contribution in [0.4, 0.5) is 10.1 Å². The van der Waals surface area contributed by atoms with Gasteiger partial charge in [-0.1, -0.05) is 30.3 Å². The van der Waals surface area contributed by atoms with Gasteiger partial charge in [0.05, 0.1) is 11.1 Å². The number of benzene rings is 3. The van der Waals surface area contributed by atoms with E-state index in [1.54, 1.807) is 30.5 Å². The van der Waals surface area contributed by atoms with Crippen LogP contribution in [0.1, 0.15) is 26.3 Å². The van der Waals surface area contributed by atoms with E-state index in [0.29, 0.717) is 17.8 Å². The van der Waals surface area contributed by atoms with Gasteiger partial charge in [-0.05, 0) is 48.0 Å². The molecule has 4 rings (SSSR count). The molecule has 29 heavy (non-hydrogen) atoms. The van der Waals surface area contributed by atoms with Crippen molar-refractivity contribution in [3.05, 3.63) is 102 Å². The fraction of sp³-hybridized carbons (Fsp3) is 0.0435. The number of halogens is 1. The largest absolute Gasteiger partial charge is 0.478 e. The first-order valence-corrected chi connectivity index (χ1v) is 8.98. The predicted octanol–water partition coefficient (Wildman–Crippen LogP) is 4.78. The SMILES string of the molecule is O=C(O)c1ccc(NC(=O)c2cn(Cc3ccc(F)cc3)c3ccccc23)cc1. The standard InChI is InChI=1S/C23H17FN2O3/c24-17-9-5-15(6-10-17)13-26-14-20(19-3-1-2-4-21(19)26)22(27)25-18-11-7-16(8-12-18)23(28)29/h1-12,14H,13H2,(H,25,27)(H,28,29). The number of nitrogens with one attached hydrogen (secondary N) is 1. The Morgan fingerprint density at radius 2 is 1.62 bits per heavy atom. The number of amides is 1. The first-order valence-electron chi connectivity index (χ1n) is 8.98. The van der Waals surface area contributed by atoms with Crippen LogP contribution < -0.4 is 5.32 Å². The van der Waals surface area contributed by atoms with Gasteiger partial charge in [0.1, 0.15) is 5.82 Å². The molecule has 6 heteroatoms. The monoisotopic (exact) mass is 388 g/mol. The summed E-state index contributed by atoms with van der Waals surface area (Å²) in [6, 6.07) is 19.8. The summed E-state index contributed by atoms with van der Waals surface area (Å²) in [4.78, 5) is 23.8. The van der Waals surface area contributed by atoms with Crippen LogP contribution in [0.15, 0.2) is 79.0 Å². The molecule has 1 heterocycles. The van der Waals surface area contributed by atoms with Crippen molar-refractivity contribution in [2.24, 2.45) is 0 Å². The average Bonchev–Trinajstić information content (AvgIpc) is 3.09. The first-order chi connectivity index (χ1) is 14.0. The third-order valence-electron chi connectivity index (χ3n) is 4.69. The number of nitrogens with zero attached hydrogens (tertiary/aromatic N) is 1. The summed E-state index contributed by atoms with van der Waals surface area (Å²) in [6.45, 7) is 0.501. The molecule has 0 unspecified atom stereocenters. The molecule has 1 amide bonds. The topological polar surface area (TPSA) is 71.3 Å². The summed E-state index contributed by atoms with van der Waals surface area (Å²) in [5.41, 5.74) is 2.98. The van der Waals surface area contributed by atoms with E-state index in [2.05, 4.69) is 5.32 Å². The quantitative estimate of drug-likeness (QED) is 0.517. The Labute approximate surface area is 166 Å². The summed E-state index contributed by atoms with van der Waals surface area (Å²) in [7, 11) is 0. The van der Waals surface area contributed by atoms with Crippen molar-refractivity contribution >= 4 is 28.5 Å². The predicted molar refractivity (Wildman–Crippen MR) is 109 cm³/mol. The van der Waals surface area contributed by atoms with Crippen LogP contribution in [-0.4, -0.2) is 21.6 Å². The number of carbonyl (C=O) groups is 2. The minimum Gasteiger partial charge on any atom is -0.478 e. The molecular formula is C23H17FN2O3. The molecule has 0 saturated carbocycles. The summed E-state index contributed by atoms with van der Waals surface area (Å²) in [6.07, 6.45) is 1.77. The van der Waals surface area contributed by atoms with Crippen LogP contribution in [-0.2, 0) is 6.54 Å². The molecule has 144 valence electrons. The maximum absolute atomic E-state index is 13.2. The molecule has 5 nitrogen and oxygen atoms in total. The van der Waals surface area contributed by atoms with E-state index in [9.17, 15) is 14.0 Å². The van der Waals surface area contributed by atoms with Gasteiger partial charge in [-0.2, -0.15) is 0 Å². The smallest absolute Gasteiger partial charge is 0.335 e. The maximum atomic E-state index is 13.2. The first kappa shape index (κ1) is 18.4. The van der Waals surface area contributed by atoms with Gasteiger partial charge in [0.2, 0.25) is 0 Å². The molecular weight excluding hydrogens is 371 g/mol. The van der Waals surface area contributed by atoms with Crippen LogP contribution in [0.2, 0.25) is 0 Å². The van der Waals surface area contributed by atoms with Gasteiger partial charge in [0, 0.05) is 29.3 Å². The summed E-state index contributed by atoms with van der Waals surface area (Å²) < 4.78 is 15.1. The number of aromatic carboxylic acids is 1. The van der Waals surface area contributed by atoms with Crippen LogP contribution in [0.25, 0.3) is 10.9 Å². The minimum atomic E-state index is -1.02. The Hall–Kier alpha value is -3.93. The molecule has 1 aromatic heterocycles. The lowest BCUT2D eigenvalue weighted by molar-refractivity contribution is 0.0696. The molecule has 0 aliphatic rings. The number of carboxylic acid groups (broad SMARTS) is 1. The second-order valence-electron chi connectivity index (χ2n) is 6.65.